The highest BCUT2D eigenvalue weighted by molar-refractivity contribution is 5.89. The zero-order chi connectivity index (χ0) is 18.9. The number of aryl methyl sites for hydroxylation is 1. The van der Waals surface area contributed by atoms with Crippen molar-refractivity contribution in [1.82, 2.24) is 0 Å². The molecule has 1 aliphatic carbocycles. The molecule has 3 heteroatoms. The van der Waals surface area contributed by atoms with Gasteiger partial charge < -0.3 is 14.2 Å². The van der Waals surface area contributed by atoms with Crippen LogP contribution in [-0.4, -0.2) is 19.8 Å². The molecule has 1 spiro atoms. The standard InChI is InChI=1S/C24H28O3/c1-17-7-9-18(10-8-17)13-21-20-15-23(26-3)22(25-2)14-19(20)16-27-24(21)11-5-4-6-12-24/h7-10,13-15H,4-6,11-12,16H2,1-3H3/b21-13-. The number of ether oxygens (including phenoxy) is 3. The van der Waals surface area contributed by atoms with Gasteiger partial charge in [0.15, 0.2) is 11.5 Å². The van der Waals surface area contributed by atoms with E-state index < -0.39 is 0 Å². The quantitative estimate of drug-likeness (QED) is 0.690. The Morgan fingerprint density at radius 3 is 2.26 bits per heavy atom. The second-order valence-electron chi connectivity index (χ2n) is 7.68. The molecule has 142 valence electrons. The van der Waals surface area contributed by atoms with Gasteiger partial charge in [0.25, 0.3) is 0 Å². The Morgan fingerprint density at radius 1 is 0.926 bits per heavy atom. The summed E-state index contributed by atoms with van der Waals surface area (Å²) in [4.78, 5) is 0. The van der Waals surface area contributed by atoms with Gasteiger partial charge in [0.1, 0.15) is 0 Å². The summed E-state index contributed by atoms with van der Waals surface area (Å²) in [6.45, 7) is 2.75. The van der Waals surface area contributed by atoms with Gasteiger partial charge in [0.05, 0.1) is 26.4 Å². The van der Waals surface area contributed by atoms with E-state index in [1.165, 1.54) is 47.1 Å². The lowest BCUT2D eigenvalue weighted by Crippen LogP contribution is -2.39. The number of hydrogen-bond acceptors (Lipinski definition) is 3. The monoisotopic (exact) mass is 364 g/mol. The first-order valence-corrected chi connectivity index (χ1v) is 9.83. The molecule has 0 bridgehead atoms. The minimum atomic E-state index is -0.185. The Hall–Kier alpha value is -2.26. The highest BCUT2D eigenvalue weighted by Crippen LogP contribution is 2.49. The average Bonchev–Trinajstić information content (AvgIpc) is 2.71. The third-order valence-electron chi connectivity index (χ3n) is 5.94. The van der Waals surface area contributed by atoms with E-state index in [0.29, 0.717) is 6.61 Å². The first-order chi connectivity index (χ1) is 13.1. The van der Waals surface area contributed by atoms with E-state index >= 15 is 0 Å². The van der Waals surface area contributed by atoms with Crippen molar-refractivity contribution in [2.24, 2.45) is 0 Å². The minimum Gasteiger partial charge on any atom is -0.493 e. The lowest BCUT2D eigenvalue weighted by atomic mass is 9.73. The number of hydrogen-bond donors (Lipinski definition) is 0. The summed E-state index contributed by atoms with van der Waals surface area (Å²) in [6, 6.07) is 12.9. The van der Waals surface area contributed by atoms with Crippen molar-refractivity contribution in [2.75, 3.05) is 14.2 Å². The van der Waals surface area contributed by atoms with Crippen LogP contribution in [0.5, 0.6) is 11.5 Å². The molecular weight excluding hydrogens is 336 g/mol. The summed E-state index contributed by atoms with van der Waals surface area (Å²) in [7, 11) is 3.38. The van der Waals surface area contributed by atoms with Crippen molar-refractivity contribution in [2.45, 2.75) is 51.2 Å². The van der Waals surface area contributed by atoms with Gasteiger partial charge in [-0.25, -0.2) is 0 Å². The first kappa shape index (κ1) is 18.1. The second-order valence-corrected chi connectivity index (χ2v) is 7.68. The summed E-state index contributed by atoms with van der Waals surface area (Å²) in [5.41, 5.74) is 6.00. The molecule has 0 saturated heterocycles. The Bertz CT molecular complexity index is 843. The molecule has 1 heterocycles. The maximum absolute atomic E-state index is 6.55. The Balaban J connectivity index is 1.88. The number of fused-ring (bicyclic) bond motifs is 1. The van der Waals surface area contributed by atoms with Crippen molar-refractivity contribution >= 4 is 11.6 Å². The van der Waals surface area contributed by atoms with E-state index in [-0.39, 0.29) is 5.60 Å². The van der Waals surface area contributed by atoms with Crippen LogP contribution < -0.4 is 9.47 Å². The van der Waals surface area contributed by atoms with Crippen LogP contribution in [-0.2, 0) is 11.3 Å². The summed E-state index contributed by atoms with van der Waals surface area (Å²) in [5.74, 6) is 1.54. The largest absolute Gasteiger partial charge is 0.493 e. The van der Waals surface area contributed by atoms with E-state index in [4.69, 9.17) is 14.2 Å². The molecular formula is C24H28O3. The molecule has 2 aromatic carbocycles. The number of benzene rings is 2. The number of methoxy groups -OCH3 is 2. The van der Waals surface area contributed by atoms with Crippen molar-refractivity contribution < 1.29 is 14.2 Å². The minimum absolute atomic E-state index is 0.185. The summed E-state index contributed by atoms with van der Waals surface area (Å²) >= 11 is 0. The van der Waals surface area contributed by atoms with E-state index in [0.717, 1.165) is 24.3 Å². The van der Waals surface area contributed by atoms with Crippen molar-refractivity contribution in [3.05, 3.63) is 58.7 Å². The Morgan fingerprint density at radius 2 is 1.59 bits per heavy atom. The van der Waals surface area contributed by atoms with Gasteiger partial charge in [-0.15, -0.1) is 0 Å². The molecule has 1 fully saturated rings. The van der Waals surface area contributed by atoms with Crippen LogP contribution in [0.1, 0.15) is 54.4 Å². The van der Waals surface area contributed by atoms with Crippen molar-refractivity contribution in [1.29, 1.82) is 0 Å². The van der Waals surface area contributed by atoms with Gasteiger partial charge in [-0.05, 0) is 60.2 Å². The van der Waals surface area contributed by atoms with Crippen LogP contribution in [0.25, 0.3) is 11.6 Å². The van der Waals surface area contributed by atoms with Gasteiger partial charge in [-0.1, -0.05) is 49.1 Å². The maximum atomic E-state index is 6.55. The predicted molar refractivity (Wildman–Crippen MR) is 109 cm³/mol. The SMILES string of the molecule is COc1cc2c(cc1OC)/C(=C/c1ccc(C)cc1)C1(CCCCC1)OC2. The second kappa shape index (κ2) is 7.40. The van der Waals surface area contributed by atoms with Crippen LogP contribution in [0.2, 0.25) is 0 Å². The fourth-order valence-corrected chi connectivity index (χ4v) is 4.41. The molecule has 27 heavy (non-hydrogen) atoms. The van der Waals surface area contributed by atoms with Crippen LogP contribution >= 0.6 is 0 Å². The lowest BCUT2D eigenvalue weighted by Gasteiger charge is -2.43. The van der Waals surface area contributed by atoms with Gasteiger partial charge in [-0.2, -0.15) is 0 Å². The van der Waals surface area contributed by atoms with Crippen LogP contribution in [0.3, 0.4) is 0 Å². The van der Waals surface area contributed by atoms with Gasteiger partial charge >= 0.3 is 0 Å². The highest BCUT2D eigenvalue weighted by atomic mass is 16.5. The zero-order valence-corrected chi connectivity index (χ0v) is 16.5. The van der Waals surface area contributed by atoms with Crippen LogP contribution in [0.4, 0.5) is 0 Å². The molecule has 0 amide bonds. The van der Waals surface area contributed by atoms with Gasteiger partial charge in [-0.3, -0.25) is 0 Å². The van der Waals surface area contributed by atoms with E-state index in [9.17, 15) is 0 Å². The third-order valence-corrected chi connectivity index (χ3v) is 5.94. The highest BCUT2D eigenvalue weighted by Gasteiger charge is 2.41. The Kier molecular flexibility index (Phi) is 4.96. The van der Waals surface area contributed by atoms with Crippen LogP contribution in [0, 0.1) is 6.92 Å². The van der Waals surface area contributed by atoms with Crippen LogP contribution in [0.15, 0.2) is 36.4 Å². The third kappa shape index (κ3) is 3.37. The van der Waals surface area contributed by atoms with E-state index in [1.807, 2.05) is 0 Å². The molecule has 0 atom stereocenters. The summed E-state index contributed by atoms with van der Waals surface area (Å²) < 4.78 is 17.7. The molecule has 2 aliphatic rings. The van der Waals surface area contributed by atoms with Crippen molar-refractivity contribution in [3.63, 3.8) is 0 Å². The fourth-order valence-electron chi connectivity index (χ4n) is 4.41. The maximum Gasteiger partial charge on any atom is 0.161 e. The van der Waals surface area contributed by atoms with E-state index in [2.05, 4.69) is 49.4 Å². The fraction of sp³-hybridized carbons (Fsp3) is 0.417. The van der Waals surface area contributed by atoms with E-state index in [1.54, 1.807) is 14.2 Å². The summed E-state index contributed by atoms with van der Waals surface area (Å²) in [6.07, 6.45) is 8.20. The molecule has 0 N–H and O–H groups in total. The molecule has 2 aromatic rings. The zero-order valence-electron chi connectivity index (χ0n) is 16.5. The Labute approximate surface area is 162 Å². The number of rotatable bonds is 3. The molecule has 4 rings (SSSR count). The molecule has 1 saturated carbocycles. The normalized spacial score (nSPS) is 19.7. The molecule has 0 unspecified atom stereocenters. The smallest absolute Gasteiger partial charge is 0.161 e. The topological polar surface area (TPSA) is 27.7 Å². The van der Waals surface area contributed by atoms with Crippen molar-refractivity contribution in [3.8, 4) is 11.5 Å². The first-order valence-electron chi connectivity index (χ1n) is 9.83. The van der Waals surface area contributed by atoms with Gasteiger partial charge in [0.2, 0.25) is 0 Å². The average molecular weight is 364 g/mol. The molecule has 3 nitrogen and oxygen atoms in total. The molecule has 0 aromatic heterocycles. The summed E-state index contributed by atoms with van der Waals surface area (Å²) in [5, 5.41) is 0. The van der Waals surface area contributed by atoms with Gasteiger partial charge in [0, 0.05) is 0 Å². The molecule has 0 radical (unpaired) electrons. The lowest BCUT2D eigenvalue weighted by molar-refractivity contribution is -0.0420. The molecule has 1 aliphatic heterocycles. The predicted octanol–water partition coefficient (Wildman–Crippen LogP) is 5.79.